The predicted octanol–water partition coefficient (Wildman–Crippen LogP) is 3.23. The molecule has 0 spiro atoms. The third-order valence-corrected chi connectivity index (χ3v) is 3.49. The van der Waals surface area contributed by atoms with Gasteiger partial charge in [0.2, 0.25) is 5.91 Å². The molecule has 0 fully saturated rings. The van der Waals surface area contributed by atoms with Gasteiger partial charge in [-0.25, -0.2) is 9.67 Å². The molecule has 3 aromatic rings. The minimum Gasteiger partial charge on any atom is -0.323 e. The Kier molecular flexibility index (Phi) is 4.79. The van der Waals surface area contributed by atoms with Crippen LogP contribution in [0.4, 0.5) is 5.69 Å². The SMILES string of the molecule is O=C(CCCc1ccccc1)Nc1cccnc1-n1cccn1. The average molecular weight is 306 g/mol. The van der Waals surface area contributed by atoms with Crippen LogP contribution in [0.5, 0.6) is 0 Å². The maximum atomic E-state index is 12.2. The quantitative estimate of drug-likeness (QED) is 0.760. The monoisotopic (exact) mass is 306 g/mol. The zero-order chi connectivity index (χ0) is 15.9. The molecule has 0 saturated heterocycles. The van der Waals surface area contributed by atoms with Gasteiger partial charge in [-0.05, 0) is 36.6 Å². The Balaban J connectivity index is 1.58. The first-order valence-corrected chi connectivity index (χ1v) is 7.62. The Bertz CT molecular complexity index is 754. The summed E-state index contributed by atoms with van der Waals surface area (Å²) in [5, 5.41) is 7.08. The minimum atomic E-state index is -0.0117. The number of anilines is 1. The summed E-state index contributed by atoms with van der Waals surface area (Å²) in [6.07, 6.45) is 7.35. The number of carbonyl (C=O) groups excluding carboxylic acids is 1. The van der Waals surface area contributed by atoms with Gasteiger partial charge in [0.1, 0.15) is 0 Å². The second kappa shape index (κ2) is 7.35. The molecule has 1 N–H and O–H groups in total. The van der Waals surface area contributed by atoms with E-state index in [1.807, 2.05) is 30.3 Å². The van der Waals surface area contributed by atoms with E-state index in [2.05, 4.69) is 27.5 Å². The van der Waals surface area contributed by atoms with Crippen molar-refractivity contribution in [3.63, 3.8) is 0 Å². The van der Waals surface area contributed by atoms with Gasteiger partial charge in [-0.3, -0.25) is 4.79 Å². The lowest BCUT2D eigenvalue weighted by molar-refractivity contribution is -0.116. The number of hydrogen-bond donors (Lipinski definition) is 1. The number of aromatic nitrogens is 3. The average Bonchev–Trinajstić information content (AvgIpc) is 3.11. The van der Waals surface area contributed by atoms with Crippen molar-refractivity contribution in [1.29, 1.82) is 0 Å². The van der Waals surface area contributed by atoms with Gasteiger partial charge in [0.15, 0.2) is 5.82 Å². The van der Waals surface area contributed by atoms with Crippen LogP contribution in [-0.4, -0.2) is 20.7 Å². The van der Waals surface area contributed by atoms with Crippen LogP contribution in [0.25, 0.3) is 5.82 Å². The summed E-state index contributed by atoms with van der Waals surface area (Å²) in [5.41, 5.74) is 1.92. The van der Waals surface area contributed by atoms with Gasteiger partial charge < -0.3 is 5.32 Å². The fourth-order valence-corrected chi connectivity index (χ4v) is 2.38. The number of nitrogens with one attached hydrogen (secondary N) is 1. The van der Waals surface area contributed by atoms with Gasteiger partial charge in [-0.1, -0.05) is 30.3 Å². The Morgan fingerprint density at radius 1 is 1.04 bits per heavy atom. The molecule has 0 aliphatic heterocycles. The molecule has 1 aromatic carbocycles. The van der Waals surface area contributed by atoms with E-state index in [-0.39, 0.29) is 5.91 Å². The molecule has 0 aliphatic rings. The van der Waals surface area contributed by atoms with Crippen LogP contribution in [0.2, 0.25) is 0 Å². The van der Waals surface area contributed by atoms with E-state index in [9.17, 15) is 4.79 Å². The zero-order valence-corrected chi connectivity index (χ0v) is 12.7. The molecule has 1 amide bonds. The Labute approximate surface area is 135 Å². The number of carbonyl (C=O) groups is 1. The Morgan fingerprint density at radius 3 is 2.70 bits per heavy atom. The number of rotatable bonds is 6. The van der Waals surface area contributed by atoms with E-state index in [0.717, 1.165) is 12.8 Å². The van der Waals surface area contributed by atoms with Crippen LogP contribution in [0.15, 0.2) is 67.1 Å². The predicted molar refractivity (Wildman–Crippen MR) is 89.4 cm³/mol. The van der Waals surface area contributed by atoms with Crippen LogP contribution in [0, 0.1) is 0 Å². The molecular formula is C18H18N4O. The van der Waals surface area contributed by atoms with Crippen molar-refractivity contribution in [2.75, 3.05) is 5.32 Å². The fraction of sp³-hybridized carbons (Fsp3) is 0.167. The lowest BCUT2D eigenvalue weighted by atomic mass is 10.1. The molecule has 0 radical (unpaired) electrons. The van der Waals surface area contributed by atoms with E-state index in [0.29, 0.717) is 17.9 Å². The van der Waals surface area contributed by atoms with E-state index in [1.165, 1.54) is 5.56 Å². The van der Waals surface area contributed by atoms with Crippen molar-refractivity contribution in [2.45, 2.75) is 19.3 Å². The molecule has 0 atom stereocenters. The van der Waals surface area contributed by atoms with Crippen LogP contribution in [0.1, 0.15) is 18.4 Å². The van der Waals surface area contributed by atoms with Gasteiger partial charge in [0, 0.05) is 25.0 Å². The van der Waals surface area contributed by atoms with Crippen molar-refractivity contribution in [3.05, 3.63) is 72.7 Å². The van der Waals surface area contributed by atoms with Gasteiger partial charge >= 0.3 is 0 Å². The van der Waals surface area contributed by atoms with Gasteiger partial charge in [-0.15, -0.1) is 0 Å². The van der Waals surface area contributed by atoms with Crippen LogP contribution < -0.4 is 5.32 Å². The molecule has 5 nitrogen and oxygen atoms in total. The Morgan fingerprint density at radius 2 is 1.91 bits per heavy atom. The molecule has 0 unspecified atom stereocenters. The number of nitrogens with zero attached hydrogens (tertiary/aromatic N) is 3. The summed E-state index contributed by atoms with van der Waals surface area (Å²) in [6.45, 7) is 0. The minimum absolute atomic E-state index is 0.0117. The number of pyridine rings is 1. The van der Waals surface area contributed by atoms with E-state index >= 15 is 0 Å². The van der Waals surface area contributed by atoms with E-state index in [1.54, 1.807) is 29.3 Å². The first kappa shape index (κ1) is 15.0. The standard InChI is InChI=1S/C18H18N4O/c23-17(11-4-9-15-7-2-1-3-8-15)21-16-10-5-12-19-18(16)22-14-6-13-20-22/h1-3,5-8,10,12-14H,4,9,11H2,(H,21,23). The summed E-state index contributed by atoms with van der Waals surface area (Å²) < 4.78 is 1.64. The van der Waals surface area contributed by atoms with Crippen molar-refractivity contribution < 1.29 is 4.79 Å². The molecule has 0 bridgehead atoms. The first-order valence-electron chi connectivity index (χ1n) is 7.62. The lowest BCUT2D eigenvalue weighted by Gasteiger charge is -2.10. The second-order valence-corrected chi connectivity index (χ2v) is 5.21. The Hall–Kier alpha value is -2.95. The first-order chi connectivity index (χ1) is 11.3. The van der Waals surface area contributed by atoms with Crippen molar-refractivity contribution in [1.82, 2.24) is 14.8 Å². The second-order valence-electron chi connectivity index (χ2n) is 5.21. The molecule has 0 aliphatic carbocycles. The number of benzene rings is 1. The van der Waals surface area contributed by atoms with Crippen LogP contribution in [-0.2, 0) is 11.2 Å². The summed E-state index contributed by atoms with van der Waals surface area (Å²) >= 11 is 0. The van der Waals surface area contributed by atoms with E-state index in [4.69, 9.17) is 0 Å². The molecule has 2 heterocycles. The molecule has 5 heteroatoms. The summed E-state index contributed by atoms with van der Waals surface area (Å²) in [7, 11) is 0. The molecule has 116 valence electrons. The molecule has 23 heavy (non-hydrogen) atoms. The lowest BCUT2D eigenvalue weighted by Crippen LogP contribution is -2.14. The summed E-state index contributed by atoms with van der Waals surface area (Å²) in [4.78, 5) is 16.4. The van der Waals surface area contributed by atoms with Crippen molar-refractivity contribution in [2.24, 2.45) is 0 Å². The third-order valence-electron chi connectivity index (χ3n) is 3.49. The van der Waals surface area contributed by atoms with Crippen LogP contribution >= 0.6 is 0 Å². The van der Waals surface area contributed by atoms with Crippen LogP contribution in [0.3, 0.4) is 0 Å². The summed E-state index contributed by atoms with van der Waals surface area (Å²) in [5.74, 6) is 0.608. The fourth-order valence-electron chi connectivity index (χ4n) is 2.38. The molecule has 0 saturated carbocycles. The van der Waals surface area contributed by atoms with E-state index < -0.39 is 0 Å². The van der Waals surface area contributed by atoms with Gasteiger partial charge in [-0.2, -0.15) is 5.10 Å². The van der Waals surface area contributed by atoms with Gasteiger partial charge in [0.25, 0.3) is 0 Å². The zero-order valence-electron chi connectivity index (χ0n) is 12.7. The van der Waals surface area contributed by atoms with Crippen molar-refractivity contribution >= 4 is 11.6 Å². The largest absolute Gasteiger partial charge is 0.323 e. The highest BCUT2D eigenvalue weighted by molar-refractivity contribution is 5.92. The normalized spacial score (nSPS) is 10.4. The topological polar surface area (TPSA) is 59.8 Å². The van der Waals surface area contributed by atoms with Crippen molar-refractivity contribution in [3.8, 4) is 5.82 Å². The highest BCUT2D eigenvalue weighted by Crippen LogP contribution is 2.16. The number of amides is 1. The maximum Gasteiger partial charge on any atom is 0.224 e. The molecular weight excluding hydrogens is 288 g/mol. The number of aryl methyl sites for hydroxylation is 1. The molecule has 3 rings (SSSR count). The number of hydrogen-bond acceptors (Lipinski definition) is 3. The highest BCUT2D eigenvalue weighted by Gasteiger charge is 2.09. The third kappa shape index (κ3) is 4.03. The maximum absolute atomic E-state index is 12.2. The smallest absolute Gasteiger partial charge is 0.224 e. The molecule has 2 aromatic heterocycles. The summed E-state index contributed by atoms with van der Waals surface area (Å²) in [6, 6.07) is 15.6. The highest BCUT2D eigenvalue weighted by atomic mass is 16.1. The van der Waals surface area contributed by atoms with Gasteiger partial charge in [0.05, 0.1) is 5.69 Å².